The van der Waals surface area contributed by atoms with Crippen LogP contribution in [0.3, 0.4) is 0 Å². The van der Waals surface area contributed by atoms with Gasteiger partial charge in [0.15, 0.2) is 9.84 Å². The topological polar surface area (TPSA) is 46.2 Å². The van der Waals surface area contributed by atoms with Crippen LogP contribution in [0.1, 0.15) is 13.3 Å². The first kappa shape index (κ1) is 11.0. The van der Waals surface area contributed by atoms with Gasteiger partial charge in [0.25, 0.3) is 0 Å². The van der Waals surface area contributed by atoms with Gasteiger partial charge in [-0.25, -0.2) is 8.42 Å². The molecule has 0 spiro atoms. The first-order valence-electron chi connectivity index (χ1n) is 4.12. The second-order valence-corrected chi connectivity index (χ2v) is 6.49. The molecule has 1 atom stereocenters. The maximum atomic E-state index is 11.2. The van der Waals surface area contributed by atoms with Gasteiger partial charge < -0.3 is 5.32 Å². The number of nitrogens with one attached hydrogen (secondary N) is 1. The molecule has 5 heteroatoms. The molecule has 1 aliphatic rings. The van der Waals surface area contributed by atoms with E-state index in [0.29, 0.717) is 18.0 Å². The molecule has 1 heterocycles. The SMILES string of the molecule is C=C(Cl)CNC1(C)CCS(=O)(=O)C1. The molecule has 0 bridgehead atoms. The molecule has 0 saturated carbocycles. The summed E-state index contributed by atoms with van der Waals surface area (Å²) >= 11 is 5.58. The zero-order valence-electron chi connectivity index (χ0n) is 7.64. The van der Waals surface area contributed by atoms with Crippen molar-refractivity contribution < 1.29 is 8.42 Å². The minimum absolute atomic E-state index is 0.199. The number of halogens is 1. The summed E-state index contributed by atoms with van der Waals surface area (Å²) in [5.41, 5.74) is -0.323. The van der Waals surface area contributed by atoms with E-state index in [2.05, 4.69) is 11.9 Å². The zero-order chi connectivity index (χ0) is 10.1. The third-order valence-corrected chi connectivity index (χ3v) is 4.25. The fraction of sp³-hybridized carbons (Fsp3) is 0.750. The van der Waals surface area contributed by atoms with E-state index in [-0.39, 0.29) is 17.0 Å². The molecule has 3 nitrogen and oxygen atoms in total. The molecule has 1 saturated heterocycles. The van der Waals surface area contributed by atoms with E-state index in [1.54, 1.807) is 0 Å². The Labute approximate surface area is 84.1 Å². The molecule has 1 rings (SSSR count). The highest BCUT2D eigenvalue weighted by Gasteiger charge is 2.37. The quantitative estimate of drug-likeness (QED) is 0.774. The van der Waals surface area contributed by atoms with Gasteiger partial charge in [-0.1, -0.05) is 18.2 Å². The van der Waals surface area contributed by atoms with Crippen molar-refractivity contribution in [2.75, 3.05) is 18.1 Å². The largest absolute Gasteiger partial charge is 0.306 e. The molecule has 0 amide bonds. The van der Waals surface area contributed by atoms with E-state index >= 15 is 0 Å². The van der Waals surface area contributed by atoms with Gasteiger partial charge in [-0.05, 0) is 13.3 Å². The molecule has 76 valence electrons. The van der Waals surface area contributed by atoms with Crippen molar-refractivity contribution in [1.29, 1.82) is 0 Å². The van der Waals surface area contributed by atoms with E-state index in [1.807, 2.05) is 6.92 Å². The predicted molar refractivity (Wildman–Crippen MR) is 54.7 cm³/mol. The van der Waals surface area contributed by atoms with Crippen molar-refractivity contribution >= 4 is 21.4 Å². The summed E-state index contributed by atoms with van der Waals surface area (Å²) in [7, 11) is -2.84. The van der Waals surface area contributed by atoms with Gasteiger partial charge in [-0.15, -0.1) is 0 Å². The molecule has 0 aromatic heterocycles. The summed E-state index contributed by atoms with van der Waals surface area (Å²) in [5, 5.41) is 3.61. The first-order valence-corrected chi connectivity index (χ1v) is 6.32. The third-order valence-electron chi connectivity index (χ3n) is 2.21. The number of hydrogen-bond donors (Lipinski definition) is 1. The monoisotopic (exact) mass is 223 g/mol. The standard InChI is InChI=1S/C8H14ClNO2S/c1-7(9)5-10-8(2)3-4-13(11,12)6-8/h10H,1,3-6H2,2H3. The lowest BCUT2D eigenvalue weighted by atomic mass is 10.0. The van der Waals surface area contributed by atoms with Crippen LogP contribution in [0.25, 0.3) is 0 Å². The molecule has 1 fully saturated rings. The molecule has 0 aliphatic carbocycles. The normalized spacial score (nSPS) is 31.8. The lowest BCUT2D eigenvalue weighted by Crippen LogP contribution is -2.43. The maximum Gasteiger partial charge on any atom is 0.152 e. The summed E-state index contributed by atoms with van der Waals surface area (Å²) in [6.45, 7) is 5.90. The maximum absolute atomic E-state index is 11.2. The van der Waals surface area contributed by atoms with Crippen LogP contribution in [-0.2, 0) is 9.84 Å². The predicted octanol–water partition coefficient (Wildman–Crippen LogP) is 0.906. The smallest absolute Gasteiger partial charge is 0.152 e. The van der Waals surface area contributed by atoms with Crippen LogP contribution in [0.5, 0.6) is 0 Å². The van der Waals surface area contributed by atoms with E-state index in [4.69, 9.17) is 11.6 Å². The van der Waals surface area contributed by atoms with Crippen molar-refractivity contribution in [3.05, 3.63) is 11.6 Å². The molecule has 1 unspecified atom stereocenters. The number of sulfone groups is 1. The molecular formula is C8H14ClNO2S. The van der Waals surface area contributed by atoms with E-state index in [0.717, 1.165) is 0 Å². The lowest BCUT2D eigenvalue weighted by Gasteiger charge is -2.23. The van der Waals surface area contributed by atoms with Crippen LogP contribution in [0.15, 0.2) is 11.6 Å². The summed E-state index contributed by atoms with van der Waals surface area (Å²) in [6.07, 6.45) is 0.652. The Balaban J connectivity index is 2.55. The van der Waals surface area contributed by atoms with Crippen LogP contribution < -0.4 is 5.32 Å². The average molecular weight is 224 g/mol. The Hall–Kier alpha value is -0.0600. The second kappa shape index (κ2) is 3.59. The van der Waals surface area contributed by atoms with Crippen molar-refractivity contribution in [2.24, 2.45) is 0 Å². The fourth-order valence-electron chi connectivity index (χ4n) is 1.46. The van der Waals surface area contributed by atoms with E-state index in [9.17, 15) is 8.42 Å². The van der Waals surface area contributed by atoms with Crippen LogP contribution in [0.2, 0.25) is 0 Å². The molecule has 0 aromatic rings. The van der Waals surface area contributed by atoms with E-state index < -0.39 is 9.84 Å². The molecule has 1 N–H and O–H groups in total. The third kappa shape index (κ3) is 3.29. The van der Waals surface area contributed by atoms with Crippen molar-refractivity contribution in [2.45, 2.75) is 18.9 Å². The second-order valence-electron chi connectivity index (χ2n) is 3.77. The Morgan fingerprint density at radius 3 is 2.69 bits per heavy atom. The highest BCUT2D eigenvalue weighted by Crippen LogP contribution is 2.22. The molecule has 13 heavy (non-hydrogen) atoms. The van der Waals surface area contributed by atoms with Crippen molar-refractivity contribution in [3.63, 3.8) is 0 Å². The summed E-state index contributed by atoms with van der Waals surface area (Å²) in [5.74, 6) is 0.468. The van der Waals surface area contributed by atoms with Crippen molar-refractivity contribution in [3.8, 4) is 0 Å². The van der Waals surface area contributed by atoms with Crippen LogP contribution in [0.4, 0.5) is 0 Å². The van der Waals surface area contributed by atoms with Gasteiger partial charge in [-0.3, -0.25) is 0 Å². The highest BCUT2D eigenvalue weighted by molar-refractivity contribution is 7.91. The van der Waals surface area contributed by atoms with Gasteiger partial charge in [-0.2, -0.15) is 0 Å². The molecule has 1 aliphatic heterocycles. The number of hydrogen-bond acceptors (Lipinski definition) is 3. The minimum atomic E-state index is -2.84. The minimum Gasteiger partial charge on any atom is -0.306 e. The zero-order valence-corrected chi connectivity index (χ0v) is 9.21. The summed E-state index contributed by atoms with van der Waals surface area (Å²) in [4.78, 5) is 0. The van der Waals surface area contributed by atoms with Crippen molar-refractivity contribution in [1.82, 2.24) is 5.32 Å². The van der Waals surface area contributed by atoms with Crippen LogP contribution >= 0.6 is 11.6 Å². The lowest BCUT2D eigenvalue weighted by molar-refractivity contribution is 0.416. The molecule has 0 aromatic carbocycles. The number of rotatable bonds is 3. The molecule has 0 radical (unpaired) electrons. The van der Waals surface area contributed by atoms with Crippen LogP contribution in [-0.4, -0.2) is 32.0 Å². The summed E-state index contributed by atoms with van der Waals surface area (Å²) < 4.78 is 22.4. The van der Waals surface area contributed by atoms with Gasteiger partial charge in [0.05, 0.1) is 11.5 Å². The Morgan fingerprint density at radius 2 is 2.31 bits per heavy atom. The van der Waals surface area contributed by atoms with Gasteiger partial charge >= 0.3 is 0 Å². The van der Waals surface area contributed by atoms with Gasteiger partial charge in [0.1, 0.15) is 0 Å². The molecular weight excluding hydrogens is 210 g/mol. The first-order chi connectivity index (χ1) is 5.83. The summed E-state index contributed by atoms with van der Waals surface area (Å²) in [6, 6.07) is 0. The average Bonchev–Trinajstić information content (AvgIpc) is 2.23. The Kier molecular flexibility index (Phi) is 3.05. The van der Waals surface area contributed by atoms with Gasteiger partial charge in [0.2, 0.25) is 0 Å². The highest BCUT2D eigenvalue weighted by atomic mass is 35.5. The van der Waals surface area contributed by atoms with E-state index in [1.165, 1.54) is 0 Å². The van der Waals surface area contributed by atoms with Gasteiger partial charge in [0, 0.05) is 17.1 Å². The fourth-order valence-corrected chi connectivity index (χ4v) is 3.65. The Morgan fingerprint density at radius 1 is 1.69 bits per heavy atom. The van der Waals surface area contributed by atoms with Crippen LogP contribution in [0, 0.1) is 0 Å². The Bertz CT molecular complexity index is 312.